The van der Waals surface area contributed by atoms with Gasteiger partial charge in [-0.05, 0) is 19.3 Å². The van der Waals surface area contributed by atoms with E-state index in [4.69, 9.17) is 4.74 Å². The predicted octanol–water partition coefficient (Wildman–Crippen LogP) is 2.66. The summed E-state index contributed by atoms with van der Waals surface area (Å²) in [4.78, 5) is 0. The van der Waals surface area contributed by atoms with Gasteiger partial charge in [0.25, 0.3) is 0 Å². The lowest BCUT2D eigenvalue weighted by Gasteiger charge is -1.99. The van der Waals surface area contributed by atoms with Gasteiger partial charge in [0.2, 0.25) is 0 Å². The quantitative estimate of drug-likeness (QED) is 0.384. The molecule has 0 aromatic carbocycles. The second-order valence-electron chi connectivity index (χ2n) is 3.56. The molecule has 1 fully saturated rings. The van der Waals surface area contributed by atoms with Crippen molar-refractivity contribution >= 4 is 0 Å². The Bertz CT molecular complexity index is 151. The number of ether oxygens (including phenoxy) is 1. The van der Waals surface area contributed by atoms with Gasteiger partial charge in [0.1, 0.15) is 6.10 Å². The maximum absolute atomic E-state index is 5.46. The maximum atomic E-state index is 5.46. The van der Waals surface area contributed by atoms with Crippen LogP contribution in [0.15, 0.2) is 12.2 Å². The molecule has 1 aliphatic carbocycles. The number of epoxide rings is 1. The van der Waals surface area contributed by atoms with Crippen LogP contribution in [-0.2, 0) is 4.74 Å². The van der Waals surface area contributed by atoms with Crippen LogP contribution in [0.4, 0.5) is 0 Å². The van der Waals surface area contributed by atoms with E-state index in [9.17, 15) is 0 Å². The van der Waals surface area contributed by atoms with Crippen molar-refractivity contribution < 1.29 is 4.74 Å². The SMILES string of the molecule is C1=CC2OC2CCCCCC1. The molecule has 2 unspecified atom stereocenters. The molecule has 2 atom stereocenters. The first kappa shape index (κ1) is 7.35. The Labute approximate surface area is 68.4 Å². The van der Waals surface area contributed by atoms with Gasteiger partial charge in [-0.2, -0.15) is 0 Å². The Kier molecular flexibility index (Phi) is 2.27. The van der Waals surface area contributed by atoms with E-state index in [-0.39, 0.29) is 0 Å². The second kappa shape index (κ2) is 3.40. The third-order valence-electron chi connectivity index (χ3n) is 2.56. The summed E-state index contributed by atoms with van der Waals surface area (Å²) in [6.07, 6.45) is 13.7. The summed E-state index contributed by atoms with van der Waals surface area (Å²) >= 11 is 0. The molecule has 0 aromatic rings. The van der Waals surface area contributed by atoms with Crippen LogP contribution in [0, 0.1) is 0 Å². The van der Waals surface area contributed by atoms with Crippen LogP contribution in [0.2, 0.25) is 0 Å². The number of rotatable bonds is 0. The molecule has 0 N–H and O–H groups in total. The van der Waals surface area contributed by atoms with E-state index in [1.807, 2.05) is 0 Å². The third kappa shape index (κ3) is 2.06. The molecule has 1 heterocycles. The van der Waals surface area contributed by atoms with Gasteiger partial charge in [-0.1, -0.05) is 31.4 Å². The van der Waals surface area contributed by atoms with Crippen molar-refractivity contribution in [3.8, 4) is 0 Å². The molecule has 11 heavy (non-hydrogen) atoms. The number of allylic oxidation sites excluding steroid dienone is 1. The minimum Gasteiger partial charge on any atom is -0.365 e. The molecule has 1 saturated heterocycles. The molecule has 0 saturated carbocycles. The third-order valence-corrected chi connectivity index (χ3v) is 2.56. The van der Waals surface area contributed by atoms with E-state index in [2.05, 4.69) is 12.2 Å². The fraction of sp³-hybridized carbons (Fsp3) is 0.800. The molecule has 2 rings (SSSR count). The Morgan fingerprint density at radius 3 is 3.00 bits per heavy atom. The summed E-state index contributed by atoms with van der Waals surface area (Å²) < 4.78 is 5.46. The predicted molar refractivity (Wildman–Crippen MR) is 45.5 cm³/mol. The summed E-state index contributed by atoms with van der Waals surface area (Å²) in [5.41, 5.74) is 0. The number of hydrogen-bond donors (Lipinski definition) is 0. The van der Waals surface area contributed by atoms with Crippen molar-refractivity contribution in [1.29, 1.82) is 0 Å². The lowest BCUT2D eigenvalue weighted by atomic mass is 10.1. The molecule has 0 amide bonds. The first-order valence-corrected chi connectivity index (χ1v) is 4.79. The molecular weight excluding hydrogens is 136 g/mol. The minimum atomic E-state index is 0.494. The highest BCUT2D eigenvalue weighted by Crippen LogP contribution is 2.29. The first-order chi connectivity index (χ1) is 5.47. The number of fused-ring (bicyclic) bond motifs is 1. The van der Waals surface area contributed by atoms with Crippen molar-refractivity contribution in [2.75, 3.05) is 0 Å². The zero-order valence-corrected chi connectivity index (χ0v) is 6.96. The summed E-state index contributed by atoms with van der Waals surface area (Å²) in [6, 6.07) is 0. The Hall–Kier alpha value is -0.300. The monoisotopic (exact) mass is 152 g/mol. The van der Waals surface area contributed by atoms with Gasteiger partial charge in [-0.3, -0.25) is 0 Å². The smallest absolute Gasteiger partial charge is 0.102 e. The fourth-order valence-electron chi connectivity index (χ4n) is 1.75. The summed E-state index contributed by atoms with van der Waals surface area (Å²) in [5.74, 6) is 0. The lowest BCUT2D eigenvalue weighted by molar-refractivity contribution is 0.373. The van der Waals surface area contributed by atoms with Gasteiger partial charge < -0.3 is 4.74 Å². The van der Waals surface area contributed by atoms with Crippen molar-refractivity contribution in [1.82, 2.24) is 0 Å². The van der Waals surface area contributed by atoms with Crippen LogP contribution in [0.3, 0.4) is 0 Å². The highest BCUT2D eigenvalue weighted by molar-refractivity contribution is 5.02. The van der Waals surface area contributed by atoms with Gasteiger partial charge in [0.05, 0.1) is 6.10 Å². The number of hydrogen-bond acceptors (Lipinski definition) is 1. The summed E-state index contributed by atoms with van der Waals surface area (Å²) in [7, 11) is 0. The minimum absolute atomic E-state index is 0.494. The summed E-state index contributed by atoms with van der Waals surface area (Å²) in [6.45, 7) is 0. The molecule has 2 aliphatic rings. The molecule has 0 spiro atoms. The van der Waals surface area contributed by atoms with E-state index in [0.29, 0.717) is 12.2 Å². The first-order valence-electron chi connectivity index (χ1n) is 4.79. The molecule has 62 valence electrons. The van der Waals surface area contributed by atoms with Gasteiger partial charge in [0, 0.05) is 0 Å². The van der Waals surface area contributed by atoms with Crippen LogP contribution >= 0.6 is 0 Å². The Morgan fingerprint density at radius 1 is 1.09 bits per heavy atom. The highest BCUT2D eigenvalue weighted by atomic mass is 16.6. The van der Waals surface area contributed by atoms with Crippen molar-refractivity contribution in [2.24, 2.45) is 0 Å². The molecule has 1 heteroatoms. The molecular formula is C10H16O. The average Bonchev–Trinajstić information content (AvgIpc) is 2.76. The van der Waals surface area contributed by atoms with E-state index >= 15 is 0 Å². The maximum Gasteiger partial charge on any atom is 0.102 e. The molecule has 0 bridgehead atoms. The van der Waals surface area contributed by atoms with E-state index < -0.39 is 0 Å². The van der Waals surface area contributed by atoms with Crippen molar-refractivity contribution in [3.05, 3.63) is 12.2 Å². The van der Waals surface area contributed by atoms with Crippen molar-refractivity contribution in [3.63, 3.8) is 0 Å². The van der Waals surface area contributed by atoms with E-state index in [0.717, 1.165) is 0 Å². The second-order valence-corrected chi connectivity index (χ2v) is 3.56. The van der Waals surface area contributed by atoms with Crippen LogP contribution in [0.1, 0.15) is 38.5 Å². The summed E-state index contributed by atoms with van der Waals surface area (Å²) in [5, 5.41) is 0. The van der Waals surface area contributed by atoms with Crippen LogP contribution in [0.5, 0.6) is 0 Å². The zero-order valence-electron chi connectivity index (χ0n) is 6.96. The van der Waals surface area contributed by atoms with E-state index in [1.54, 1.807) is 0 Å². The van der Waals surface area contributed by atoms with E-state index in [1.165, 1.54) is 38.5 Å². The molecule has 0 radical (unpaired) electrons. The standard InChI is InChI=1S/C10H16O/c1-2-4-6-8-10-9(11-10)7-5-3-1/h5,7,9-10H,1-4,6,8H2. The molecule has 1 aliphatic heterocycles. The Morgan fingerprint density at radius 2 is 2.00 bits per heavy atom. The Balaban J connectivity index is 1.83. The molecule has 1 nitrogen and oxygen atoms in total. The van der Waals surface area contributed by atoms with Gasteiger partial charge in [-0.15, -0.1) is 0 Å². The lowest BCUT2D eigenvalue weighted by Crippen LogP contribution is -1.92. The fourth-order valence-corrected chi connectivity index (χ4v) is 1.75. The normalized spacial score (nSPS) is 37.8. The van der Waals surface area contributed by atoms with Gasteiger partial charge in [0.15, 0.2) is 0 Å². The van der Waals surface area contributed by atoms with Gasteiger partial charge >= 0.3 is 0 Å². The van der Waals surface area contributed by atoms with Crippen LogP contribution < -0.4 is 0 Å². The van der Waals surface area contributed by atoms with Crippen LogP contribution in [-0.4, -0.2) is 12.2 Å². The zero-order chi connectivity index (χ0) is 7.52. The molecule has 0 aromatic heterocycles. The average molecular weight is 152 g/mol. The van der Waals surface area contributed by atoms with Crippen LogP contribution in [0.25, 0.3) is 0 Å². The largest absolute Gasteiger partial charge is 0.365 e. The van der Waals surface area contributed by atoms with Gasteiger partial charge in [-0.25, -0.2) is 0 Å². The highest BCUT2D eigenvalue weighted by Gasteiger charge is 2.35. The topological polar surface area (TPSA) is 12.5 Å². The van der Waals surface area contributed by atoms with Crippen molar-refractivity contribution in [2.45, 2.75) is 50.7 Å².